The van der Waals surface area contributed by atoms with Crippen LogP contribution in [0, 0.1) is 0 Å². The van der Waals surface area contributed by atoms with Gasteiger partial charge in [0.05, 0.1) is 0 Å². The first-order chi connectivity index (χ1) is 7.08. The quantitative estimate of drug-likeness (QED) is 0.523. The lowest BCUT2D eigenvalue weighted by atomic mass is 9.97. The first-order valence-corrected chi connectivity index (χ1v) is 6.08. The molecule has 3 nitrogen and oxygen atoms in total. The Balaban J connectivity index is 2.80. The molecule has 82 valence electrons. The Labute approximate surface area is 103 Å². The van der Waals surface area contributed by atoms with Gasteiger partial charge in [0.15, 0.2) is 0 Å². The number of halogens is 1. The van der Waals surface area contributed by atoms with Crippen LogP contribution in [0.4, 0.5) is 0 Å². The standard InChI is InChI=1S/C11H13IO3/c1-9(13)15-8-11(14,7-12)10-5-3-2-4-6-10/h2-6,14H,7-8H2,1H3/t11-/m0/s1. The lowest BCUT2D eigenvalue weighted by molar-refractivity contribution is -0.148. The summed E-state index contributed by atoms with van der Waals surface area (Å²) in [6.45, 7) is 1.33. The first-order valence-electron chi connectivity index (χ1n) is 4.56. The smallest absolute Gasteiger partial charge is 0.302 e. The molecule has 1 N–H and O–H groups in total. The maximum absolute atomic E-state index is 10.7. The normalized spacial score (nSPS) is 14.3. The summed E-state index contributed by atoms with van der Waals surface area (Å²) in [6, 6.07) is 9.22. The zero-order valence-electron chi connectivity index (χ0n) is 8.44. The van der Waals surface area contributed by atoms with Crippen molar-refractivity contribution in [2.24, 2.45) is 0 Å². The molecule has 0 saturated carbocycles. The molecule has 0 unspecified atom stereocenters. The summed E-state index contributed by atoms with van der Waals surface area (Å²) in [7, 11) is 0. The highest BCUT2D eigenvalue weighted by Gasteiger charge is 2.29. The summed E-state index contributed by atoms with van der Waals surface area (Å²) in [5, 5.41) is 10.3. The predicted molar refractivity (Wildman–Crippen MR) is 65.9 cm³/mol. The molecule has 1 atom stereocenters. The Morgan fingerprint density at radius 2 is 2.07 bits per heavy atom. The number of aliphatic hydroxyl groups is 1. The van der Waals surface area contributed by atoms with Crippen LogP contribution in [-0.4, -0.2) is 22.1 Å². The SMILES string of the molecule is CC(=O)OC[C@@](O)(CI)c1ccccc1. The second-order valence-corrected chi connectivity index (χ2v) is 4.07. The minimum absolute atomic E-state index is 0.00468. The number of carbonyl (C=O) groups is 1. The molecule has 0 aromatic heterocycles. The Kier molecular flexibility index (Phi) is 4.53. The third-order valence-electron chi connectivity index (χ3n) is 2.05. The van der Waals surface area contributed by atoms with Gasteiger partial charge in [0, 0.05) is 11.4 Å². The van der Waals surface area contributed by atoms with E-state index in [1.807, 2.05) is 30.3 Å². The number of hydrogen-bond donors (Lipinski definition) is 1. The predicted octanol–water partition coefficient (Wildman–Crippen LogP) is 1.87. The van der Waals surface area contributed by atoms with Crippen LogP contribution in [0.25, 0.3) is 0 Å². The molecule has 15 heavy (non-hydrogen) atoms. The highest BCUT2D eigenvalue weighted by molar-refractivity contribution is 14.1. The Hall–Kier alpha value is -0.620. The molecule has 0 radical (unpaired) electrons. The summed E-state index contributed by atoms with van der Waals surface area (Å²) in [6.07, 6.45) is 0. The Morgan fingerprint density at radius 3 is 2.53 bits per heavy atom. The van der Waals surface area contributed by atoms with Crippen LogP contribution >= 0.6 is 22.6 Å². The van der Waals surface area contributed by atoms with Gasteiger partial charge in [0.25, 0.3) is 0 Å². The van der Waals surface area contributed by atoms with Crippen molar-refractivity contribution in [3.8, 4) is 0 Å². The van der Waals surface area contributed by atoms with Crippen molar-refractivity contribution in [2.45, 2.75) is 12.5 Å². The molecule has 1 aromatic carbocycles. The van der Waals surface area contributed by atoms with Gasteiger partial charge < -0.3 is 9.84 Å². The van der Waals surface area contributed by atoms with Gasteiger partial charge in [0.2, 0.25) is 0 Å². The van der Waals surface area contributed by atoms with Crippen molar-refractivity contribution in [3.63, 3.8) is 0 Å². The number of carbonyl (C=O) groups excluding carboxylic acids is 1. The summed E-state index contributed by atoms with van der Waals surface area (Å²) < 4.78 is 5.33. The fraction of sp³-hybridized carbons (Fsp3) is 0.364. The minimum Gasteiger partial charge on any atom is -0.462 e. The van der Waals surface area contributed by atoms with Gasteiger partial charge in [-0.25, -0.2) is 0 Å². The van der Waals surface area contributed by atoms with E-state index in [4.69, 9.17) is 4.74 Å². The summed E-state index contributed by atoms with van der Waals surface area (Å²) in [5.41, 5.74) is -0.325. The fourth-order valence-corrected chi connectivity index (χ4v) is 1.83. The molecule has 0 amide bonds. The van der Waals surface area contributed by atoms with Crippen molar-refractivity contribution in [3.05, 3.63) is 35.9 Å². The van der Waals surface area contributed by atoms with Crippen molar-refractivity contribution in [1.82, 2.24) is 0 Å². The number of alkyl halides is 1. The van der Waals surface area contributed by atoms with E-state index < -0.39 is 5.60 Å². The lowest BCUT2D eigenvalue weighted by Crippen LogP contribution is -2.34. The topological polar surface area (TPSA) is 46.5 Å². The monoisotopic (exact) mass is 320 g/mol. The molecule has 1 rings (SSSR count). The summed E-state index contributed by atoms with van der Waals surface area (Å²) in [4.78, 5) is 10.7. The fourth-order valence-electron chi connectivity index (χ4n) is 1.17. The lowest BCUT2D eigenvalue weighted by Gasteiger charge is -2.25. The molecule has 0 aliphatic rings. The number of esters is 1. The highest BCUT2D eigenvalue weighted by Crippen LogP contribution is 2.23. The maximum Gasteiger partial charge on any atom is 0.302 e. The van der Waals surface area contributed by atoms with Crippen molar-refractivity contribution in [1.29, 1.82) is 0 Å². The number of ether oxygens (including phenoxy) is 1. The van der Waals surface area contributed by atoms with Crippen LogP contribution in [0.3, 0.4) is 0 Å². The molecular weight excluding hydrogens is 307 g/mol. The summed E-state index contributed by atoms with van der Waals surface area (Å²) in [5.74, 6) is -0.380. The molecular formula is C11H13IO3. The molecule has 0 saturated heterocycles. The molecule has 1 aromatic rings. The van der Waals surface area contributed by atoms with Gasteiger partial charge in [-0.2, -0.15) is 0 Å². The zero-order valence-corrected chi connectivity index (χ0v) is 10.6. The van der Waals surface area contributed by atoms with Gasteiger partial charge in [-0.1, -0.05) is 52.9 Å². The van der Waals surface area contributed by atoms with Crippen LogP contribution in [0.1, 0.15) is 12.5 Å². The molecule has 4 heteroatoms. The third-order valence-corrected chi connectivity index (χ3v) is 3.31. The Bertz CT molecular complexity index is 326. The molecule has 0 heterocycles. The van der Waals surface area contributed by atoms with Crippen LogP contribution in [0.2, 0.25) is 0 Å². The van der Waals surface area contributed by atoms with Crippen LogP contribution in [0.5, 0.6) is 0 Å². The number of hydrogen-bond acceptors (Lipinski definition) is 3. The average molecular weight is 320 g/mol. The number of benzene rings is 1. The average Bonchev–Trinajstić information content (AvgIpc) is 2.27. The Morgan fingerprint density at radius 1 is 1.47 bits per heavy atom. The van der Waals surface area contributed by atoms with E-state index in [0.29, 0.717) is 4.43 Å². The maximum atomic E-state index is 10.7. The minimum atomic E-state index is -1.09. The van der Waals surface area contributed by atoms with E-state index in [9.17, 15) is 9.90 Å². The van der Waals surface area contributed by atoms with Crippen molar-refractivity contribution < 1.29 is 14.6 Å². The largest absolute Gasteiger partial charge is 0.462 e. The zero-order chi connectivity index (χ0) is 11.3. The van der Waals surface area contributed by atoms with Gasteiger partial charge in [-0.3, -0.25) is 4.79 Å². The second kappa shape index (κ2) is 5.46. The molecule has 0 aliphatic heterocycles. The van der Waals surface area contributed by atoms with E-state index in [0.717, 1.165) is 5.56 Å². The second-order valence-electron chi connectivity index (χ2n) is 3.31. The van der Waals surface area contributed by atoms with Crippen LogP contribution in [-0.2, 0) is 15.1 Å². The van der Waals surface area contributed by atoms with Crippen molar-refractivity contribution >= 4 is 28.6 Å². The third kappa shape index (κ3) is 3.46. The van der Waals surface area contributed by atoms with E-state index >= 15 is 0 Å². The van der Waals surface area contributed by atoms with E-state index in [1.165, 1.54) is 6.92 Å². The molecule has 0 spiro atoms. The van der Waals surface area contributed by atoms with E-state index in [1.54, 1.807) is 0 Å². The molecule has 0 bridgehead atoms. The summed E-state index contributed by atoms with van der Waals surface area (Å²) >= 11 is 2.08. The highest BCUT2D eigenvalue weighted by atomic mass is 127. The van der Waals surface area contributed by atoms with Gasteiger partial charge in [-0.15, -0.1) is 0 Å². The van der Waals surface area contributed by atoms with E-state index in [2.05, 4.69) is 22.6 Å². The molecule has 0 aliphatic carbocycles. The van der Waals surface area contributed by atoms with Gasteiger partial charge in [-0.05, 0) is 5.56 Å². The van der Waals surface area contributed by atoms with Crippen LogP contribution in [0.15, 0.2) is 30.3 Å². The number of rotatable bonds is 4. The van der Waals surface area contributed by atoms with Gasteiger partial charge >= 0.3 is 5.97 Å². The van der Waals surface area contributed by atoms with Crippen molar-refractivity contribution in [2.75, 3.05) is 11.0 Å². The first kappa shape index (κ1) is 12.4. The van der Waals surface area contributed by atoms with Crippen LogP contribution < -0.4 is 0 Å². The van der Waals surface area contributed by atoms with Gasteiger partial charge in [0.1, 0.15) is 12.2 Å². The molecule has 0 fully saturated rings. The van der Waals surface area contributed by atoms with E-state index in [-0.39, 0.29) is 12.6 Å².